The molecule has 122 valence electrons. The summed E-state index contributed by atoms with van der Waals surface area (Å²) in [6.45, 7) is 4.02. The number of hydrogen-bond acceptors (Lipinski definition) is 6. The highest BCUT2D eigenvalue weighted by atomic mass is 32.2. The van der Waals surface area contributed by atoms with Crippen LogP contribution >= 0.6 is 11.8 Å². The minimum absolute atomic E-state index is 0.195. The molecule has 0 amide bonds. The number of carboxylic acids is 1. The fraction of sp³-hybridized carbons (Fsp3) is 0.333. The Labute approximate surface area is 137 Å². The van der Waals surface area contributed by atoms with E-state index in [1.165, 1.54) is 6.92 Å². The number of carboxylic acid groups (broad SMARTS) is 1. The summed E-state index contributed by atoms with van der Waals surface area (Å²) in [4.78, 5) is 25.4. The van der Waals surface area contributed by atoms with Gasteiger partial charge < -0.3 is 9.84 Å². The Morgan fingerprint density at radius 3 is 2.61 bits per heavy atom. The van der Waals surface area contributed by atoms with Gasteiger partial charge >= 0.3 is 5.97 Å². The Morgan fingerprint density at radius 2 is 2.04 bits per heavy atom. The molecule has 2 aromatic rings. The lowest BCUT2D eigenvalue weighted by Gasteiger charge is -2.06. The Hall–Kier alpha value is -2.35. The molecule has 1 aromatic heterocycles. The van der Waals surface area contributed by atoms with Crippen LogP contribution < -0.4 is 10.3 Å². The van der Waals surface area contributed by atoms with Crippen molar-refractivity contribution in [3.05, 3.63) is 45.9 Å². The summed E-state index contributed by atoms with van der Waals surface area (Å²) in [7, 11) is 0. The quantitative estimate of drug-likeness (QED) is 0.742. The van der Waals surface area contributed by atoms with Crippen LogP contribution in [0.2, 0.25) is 0 Å². The molecule has 23 heavy (non-hydrogen) atoms. The summed E-state index contributed by atoms with van der Waals surface area (Å²) in [6, 6.07) is 7.39. The van der Waals surface area contributed by atoms with Crippen LogP contribution in [0, 0.1) is 0 Å². The molecule has 8 heteroatoms. The van der Waals surface area contributed by atoms with Gasteiger partial charge in [-0.25, -0.2) is 0 Å². The first kappa shape index (κ1) is 17.0. The van der Waals surface area contributed by atoms with Crippen molar-refractivity contribution >= 4 is 17.7 Å². The van der Waals surface area contributed by atoms with Crippen LogP contribution in [0.25, 0.3) is 0 Å². The van der Waals surface area contributed by atoms with Gasteiger partial charge in [0.1, 0.15) is 16.7 Å². The molecule has 1 heterocycles. The van der Waals surface area contributed by atoms with Crippen LogP contribution in [0.1, 0.15) is 25.1 Å². The molecule has 2 N–H and O–H groups in total. The number of ether oxygens (including phenoxy) is 1. The maximum atomic E-state index is 12.0. The van der Waals surface area contributed by atoms with Crippen LogP contribution in [0.4, 0.5) is 0 Å². The van der Waals surface area contributed by atoms with Crippen molar-refractivity contribution < 1.29 is 14.6 Å². The van der Waals surface area contributed by atoms with E-state index in [9.17, 15) is 9.59 Å². The van der Waals surface area contributed by atoms with E-state index >= 15 is 0 Å². The molecule has 0 aliphatic rings. The molecule has 1 aromatic carbocycles. The first-order chi connectivity index (χ1) is 11.0. The zero-order chi connectivity index (χ0) is 16.8. The molecule has 2 rings (SSSR count). The molecule has 0 bridgehead atoms. The lowest BCUT2D eigenvalue weighted by molar-refractivity contribution is -0.136. The van der Waals surface area contributed by atoms with Gasteiger partial charge in [-0.3, -0.25) is 14.6 Å². The van der Waals surface area contributed by atoms with E-state index in [0.29, 0.717) is 13.0 Å². The number of hydrogen-bond donors (Lipinski definition) is 2. The summed E-state index contributed by atoms with van der Waals surface area (Å²) in [5, 5.41) is 16.1. The smallest absolute Gasteiger partial charge is 0.316 e. The molecule has 0 spiro atoms. The summed E-state index contributed by atoms with van der Waals surface area (Å²) >= 11 is 0.943. The molecule has 7 nitrogen and oxygen atoms in total. The van der Waals surface area contributed by atoms with Gasteiger partial charge in [0.25, 0.3) is 5.56 Å². The molecule has 0 radical (unpaired) electrons. The summed E-state index contributed by atoms with van der Waals surface area (Å²) in [5.41, 5.74) is 0.822. The number of aromatic amines is 1. The molecule has 0 saturated carbocycles. The van der Waals surface area contributed by atoms with E-state index in [4.69, 9.17) is 9.84 Å². The van der Waals surface area contributed by atoms with Crippen molar-refractivity contribution in [2.24, 2.45) is 0 Å². The maximum Gasteiger partial charge on any atom is 0.316 e. The van der Waals surface area contributed by atoms with Gasteiger partial charge in [0.2, 0.25) is 0 Å². The number of thioether (sulfide) groups is 1. The number of H-pyrrole nitrogens is 1. The number of benzene rings is 1. The van der Waals surface area contributed by atoms with Crippen LogP contribution in [0.3, 0.4) is 0 Å². The van der Waals surface area contributed by atoms with Crippen molar-refractivity contribution in [3.63, 3.8) is 0 Å². The number of rotatable bonds is 7. The largest absolute Gasteiger partial charge is 0.494 e. The van der Waals surface area contributed by atoms with Gasteiger partial charge in [0.05, 0.1) is 6.61 Å². The molecule has 0 aliphatic carbocycles. The zero-order valence-corrected chi connectivity index (χ0v) is 13.6. The number of nitrogens with zero attached hydrogens (tertiary/aromatic N) is 2. The fourth-order valence-electron chi connectivity index (χ4n) is 1.80. The van der Waals surface area contributed by atoms with Crippen LogP contribution in [-0.2, 0) is 11.2 Å². The van der Waals surface area contributed by atoms with E-state index in [-0.39, 0.29) is 16.4 Å². The van der Waals surface area contributed by atoms with Crippen LogP contribution in [0.15, 0.2) is 34.2 Å². The van der Waals surface area contributed by atoms with Gasteiger partial charge in [-0.05, 0) is 31.5 Å². The lowest BCUT2D eigenvalue weighted by Crippen LogP contribution is -2.19. The normalized spacial score (nSPS) is 11.9. The van der Waals surface area contributed by atoms with Gasteiger partial charge in [0, 0.05) is 6.42 Å². The minimum Gasteiger partial charge on any atom is -0.494 e. The number of carbonyl (C=O) groups is 1. The Balaban J connectivity index is 2.09. The predicted octanol–water partition coefficient (Wildman–Crippen LogP) is 1.72. The van der Waals surface area contributed by atoms with Crippen LogP contribution in [-0.4, -0.2) is 38.1 Å². The Kier molecular flexibility index (Phi) is 5.75. The topological polar surface area (TPSA) is 105 Å². The van der Waals surface area contributed by atoms with Crippen molar-refractivity contribution in [3.8, 4) is 5.75 Å². The van der Waals surface area contributed by atoms with E-state index in [1.54, 1.807) is 0 Å². The second-order valence-electron chi connectivity index (χ2n) is 4.76. The van der Waals surface area contributed by atoms with Crippen molar-refractivity contribution in [2.75, 3.05) is 6.61 Å². The SMILES string of the molecule is CCOc1ccc(Cc2nnc(SC(C)C(=O)O)[nH]c2=O)cc1. The van der Waals surface area contributed by atoms with Gasteiger partial charge in [-0.2, -0.15) is 0 Å². The second-order valence-corrected chi connectivity index (χ2v) is 6.09. The Bertz CT molecular complexity index is 730. The fourth-order valence-corrected chi connectivity index (χ4v) is 2.47. The summed E-state index contributed by atoms with van der Waals surface area (Å²) in [6.07, 6.45) is 0.341. The lowest BCUT2D eigenvalue weighted by atomic mass is 10.1. The maximum absolute atomic E-state index is 12.0. The molecule has 1 atom stereocenters. The molecule has 0 fully saturated rings. The third-order valence-electron chi connectivity index (χ3n) is 2.99. The third kappa shape index (κ3) is 4.82. The first-order valence-corrected chi connectivity index (χ1v) is 7.94. The van der Waals surface area contributed by atoms with Gasteiger partial charge in [-0.1, -0.05) is 23.9 Å². The summed E-state index contributed by atoms with van der Waals surface area (Å²) in [5.74, 6) is -0.207. The van der Waals surface area contributed by atoms with E-state index in [0.717, 1.165) is 23.1 Å². The molecular weight excluding hydrogens is 318 g/mol. The van der Waals surface area contributed by atoms with E-state index in [1.807, 2.05) is 31.2 Å². The first-order valence-electron chi connectivity index (χ1n) is 7.06. The third-order valence-corrected chi connectivity index (χ3v) is 3.95. The Morgan fingerprint density at radius 1 is 1.35 bits per heavy atom. The average Bonchev–Trinajstić information content (AvgIpc) is 2.52. The standard InChI is InChI=1S/C15H17N3O4S/c1-3-22-11-6-4-10(5-7-11)8-12-13(19)16-15(18-17-12)23-9(2)14(20)21/h4-7,9H,3,8H2,1-2H3,(H,20,21)(H,16,18,19). The zero-order valence-electron chi connectivity index (χ0n) is 12.8. The van der Waals surface area contributed by atoms with Gasteiger partial charge in [-0.15, -0.1) is 10.2 Å². The second kappa shape index (κ2) is 7.77. The number of nitrogens with one attached hydrogen (secondary N) is 1. The number of aliphatic carboxylic acids is 1. The highest BCUT2D eigenvalue weighted by Gasteiger charge is 2.15. The highest BCUT2D eigenvalue weighted by molar-refractivity contribution is 8.00. The van der Waals surface area contributed by atoms with E-state index in [2.05, 4.69) is 15.2 Å². The van der Waals surface area contributed by atoms with Crippen LogP contribution in [0.5, 0.6) is 5.75 Å². The minimum atomic E-state index is -0.976. The molecular formula is C15H17N3O4S. The number of aromatic nitrogens is 3. The molecule has 0 saturated heterocycles. The van der Waals surface area contributed by atoms with Gasteiger partial charge in [0.15, 0.2) is 5.16 Å². The van der Waals surface area contributed by atoms with E-state index < -0.39 is 11.2 Å². The average molecular weight is 335 g/mol. The summed E-state index contributed by atoms with van der Waals surface area (Å²) < 4.78 is 5.36. The highest BCUT2D eigenvalue weighted by Crippen LogP contribution is 2.18. The molecule has 1 unspecified atom stereocenters. The monoisotopic (exact) mass is 335 g/mol. The van der Waals surface area contributed by atoms with Crippen molar-refractivity contribution in [1.82, 2.24) is 15.2 Å². The van der Waals surface area contributed by atoms with Crippen molar-refractivity contribution in [1.29, 1.82) is 0 Å². The molecule has 0 aliphatic heterocycles. The van der Waals surface area contributed by atoms with Crippen molar-refractivity contribution in [2.45, 2.75) is 30.7 Å². The predicted molar refractivity (Wildman–Crippen MR) is 86.0 cm³/mol.